The fourth-order valence-electron chi connectivity index (χ4n) is 3.36. The Morgan fingerprint density at radius 3 is 2.70 bits per heavy atom. The quantitative estimate of drug-likeness (QED) is 0.416. The van der Waals surface area contributed by atoms with Crippen LogP contribution in [0.15, 0.2) is 47.7 Å². The molecule has 0 spiro atoms. The zero-order valence-corrected chi connectivity index (χ0v) is 15.9. The predicted octanol–water partition coefficient (Wildman–Crippen LogP) is 1.88. The second kappa shape index (κ2) is 7.79. The van der Waals surface area contributed by atoms with Gasteiger partial charge < -0.3 is 20.9 Å². The first-order valence-corrected chi connectivity index (χ1v) is 9.53. The molecule has 0 unspecified atom stereocenters. The topological polar surface area (TPSA) is 81.8 Å². The SMILES string of the molecule is Nc1ccc(N2CCN(C(=S)N/N=C3/CCNc4cccnc43)CC2)cc1. The Labute approximate surface area is 164 Å². The van der Waals surface area contributed by atoms with E-state index in [0.29, 0.717) is 5.11 Å². The summed E-state index contributed by atoms with van der Waals surface area (Å²) in [4.78, 5) is 8.94. The minimum atomic E-state index is 0.662. The van der Waals surface area contributed by atoms with Crippen LogP contribution in [-0.2, 0) is 0 Å². The number of hydrazone groups is 1. The second-order valence-electron chi connectivity index (χ2n) is 6.62. The molecule has 1 aromatic heterocycles. The molecule has 2 aliphatic rings. The minimum Gasteiger partial charge on any atom is -0.399 e. The van der Waals surface area contributed by atoms with E-state index < -0.39 is 0 Å². The minimum absolute atomic E-state index is 0.662. The fraction of sp³-hybridized carbons (Fsp3) is 0.316. The zero-order valence-electron chi connectivity index (χ0n) is 15.1. The van der Waals surface area contributed by atoms with Gasteiger partial charge in [-0.2, -0.15) is 5.10 Å². The summed E-state index contributed by atoms with van der Waals surface area (Å²) in [6.45, 7) is 4.40. The van der Waals surface area contributed by atoms with Crippen LogP contribution in [-0.4, -0.2) is 53.4 Å². The lowest BCUT2D eigenvalue weighted by Gasteiger charge is -2.37. The van der Waals surface area contributed by atoms with E-state index in [2.05, 4.69) is 42.8 Å². The highest BCUT2D eigenvalue weighted by molar-refractivity contribution is 7.80. The molecule has 0 radical (unpaired) electrons. The van der Waals surface area contributed by atoms with E-state index in [9.17, 15) is 0 Å². The Balaban J connectivity index is 1.34. The number of nitrogen functional groups attached to an aromatic ring is 1. The molecule has 0 atom stereocenters. The zero-order chi connectivity index (χ0) is 18.6. The molecular formula is C19H23N7S. The van der Waals surface area contributed by atoms with Crippen LogP contribution in [0.2, 0.25) is 0 Å². The number of rotatable bonds is 2. The van der Waals surface area contributed by atoms with Crippen molar-refractivity contribution in [3.8, 4) is 0 Å². The van der Waals surface area contributed by atoms with Gasteiger partial charge in [0.15, 0.2) is 5.11 Å². The smallest absolute Gasteiger partial charge is 0.189 e. The molecule has 1 aromatic carbocycles. The van der Waals surface area contributed by atoms with Gasteiger partial charge in [0.2, 0.25) is 0 Å². The number of nitrogens with two attached hydrogens (primary N) is 1. The van der Waals surface area contributed by atoms with Gasteiger partial charge in [-0.3, -0.25) is 10.4 Å². The van der Waals surface area contributed by atoms with Crippen molar-refractivity contribution in [1.82, 2.24) is 15.3 Å². The summed E-state index contributed by atoms with van der Waals surface area (Å²) in [5.41, 5.74) is 13.7. The summed E-state index contributed by atoms with van der Waals surface area (Å²) in [7, 11) is 0. The highest BCUT2D eigenvalue weighted by Gasteiger charge is 2.20. The molecule has 8 heteroatoms. The van der Waals surface area contributed by atoms with Crippen molar-refractivity contribution in [2.45, 2.75) is 6.42 Å². The standard InChI is InChI=1S/C19H23N7S/c20-14-3-5-15(6-4-14)25-10-12-26(13-11-25)19(27)24-23-17-7-9-21-16-2-1-8-22-18(16)17/h1-6,8,21H,7,9-13,20H2,(H,24,27)/b23-17-. The van der Waals surface area contributed by atoms with Crippen molar-refractivity contribution < 1.29 is 0 Å². The maximum absolute atomic E-state index is 5.77. The van der Waals surface area contributed by atoms with Gasteiger partial charge in [-0.15, -0.1) is 0 Å². The van der Waals surface area contributed by atoms with Crippen molar-refractivity contribution >= 4 is 40.1 Å². The van der Waals surface area contributed by atoms with Crippen LogP contribution in [0.1, 0.15) is 12.1 Å². The Kier molecular flexibility index (Phi) is 5.06. The highest BCUT2D eigenvalue weighted by atomic mass is 32.1. The molecule has 0 bridgehead atoms. The molecule has 3 heterocycles. The third-order valence-electron chi connectivity index (χ3n) is 4.87. The monoisotopic (exact) mass is 381 g/mol. The average molecular weight is 382 g/mol. The summed E-state index contributed by atoms with van der Waals surface area (Å²) in [6.07, 6.45) is 2.61. The van der Waals surface area contributed by atoms with E-state index in [1.54, 1.807) is 6.20 Å². The summed E-state index contributed by atoms with van der Waals surface area (Å²) in [6, 6.07) is 12.0. The van der Waals surface area contributed by atoms with Crippen molar-refractivity contribution in [2.24, 2.45) is 5.10 Å². The third-order valence-corrected chi connectivity index (χ3v) is 5.22. The number of benzene rings is 1. The number of nitrogens with one attached hydrogen (secondary N) is 2. The molecule has 0 saturated carbocycles. The molecule has 2 aromatic rings. The molecule has 4 N–H and O–H groups in total. The van der Waals surface area contributed by atoms with Gasteiger partial charge in [0.05, 0.1) is 11.4 Å². The maximum Gasteiger partial charge on any atom is 0.189 e. The number of aromatic nitrogens is 1. The summed E-state index contributed by atoms with van der Waals surface area (Å²) in [5, 5.41) is 8.54. The Hall–Kier alpha value is -2.87. The van der Waals surface area contributed by atoms with Gasteiger partial charge in [0.25, 0.3) is 0 Å². The van der Waals surface area contributed by atoms with Crippen LogP contribution in [0.5, 0.6) is 0 Å². The van der Waals surface area contributed by atoms with E-state index in [0.717, 1.165) is 61.9 Å². The van der Waals surface area contributed by atoms with Crippen molar-refractivity contribution in [3.05, 3.63) is 48.3 Å². The van der Waals surface area contributed by atoms with Crippen molar-refractivity contribution in [2.75, 3.05) is 48.7 Å². The number of hydrogen-bond donors (Lipinski definition) is 3. The lowest BCUT2D eigenvalue weighted by molar-refractivity contribution is 0.381. The summed E-state index contributed by atoms with van der Waals surface area (Å²) < 4.78 is 0. The molecule has 0 amide bonds. The number of piperazine rings is 1. The number of pyridine rings is 1. The Morgan fingerprint density at radius 1 is 1.15 bits per heavy atom. The Bertz CT molecular complexity index is 841. The summed E-state index contributed by atoms with van der Waals surface area (Å²) >= 11 is 5.55. The number of thiocarbonyl (C=S) groups is 1. The normalized spacial score (nSPS) is 18.0. The van der Waals surface area contributed by atoms with E-state index in [1.807, 2.05) is 24.3 Å². The molecule has 27 heavy (non-hydrogen) atoms. The van der Waals surface area contributed by atoms with E-state index in [-0.39, 0.29) is 0 Å². The number of nitrogens with zero attached hydrogens (tertiary/aromatic N) is 4. The van der Waals surface area contributed by atoms with Gasteiger partial charge in [0, 0.05) is 56.7 Å². The lowest BCUT2D eigenvalue weighted by Crippen LogP contribution is -2.51. The second-order valence-corrected chi connectivity index (χ2v) is 7.00. The highest BCUT2D eigenvalue weighted by Crippen LogP contribution is 2.20. The van der Waals surface area contributed by atoms with E-state index >= 15 is 0 Å². The Morgan fingerprint density at radius 2 is 1.93 bits per heavy atom. The fourth-order valence-corrected chi connectivity index (χ4v) is 3.59. The molecule has 0 aliphatic carbocycles. The first-order chi connectivity index (χ1) is 13.2. The molecule has 4 rings (SSSR count). The van der Waals surface area contributed by atoms with Crippen LogP contribution < -0.4 is 21.4 Å². The van der Waals surface area contributed by atoms with Crippen LogP contribution >= 0.6 is 12.2 Å². The van der Waals surface area contributed by atoms with E-state index in [4.69, 9.17) is 18.0 Å². The third kappa shape index (κ3) is 3.95. The molecular weight excluding hydrogens is 358 g/mol. The first-order valence-electron chi connectivity index (χ1n) is 9.12. The molecule has 1 saturated heterocycles. The molecule has 140 valence electrons. The van der Waals surface area contributed by atoms with Crippen molar-refractivity contribution in [3.63, 3.8) is 0 Å². The average Bonchev–Trinajstić information content (AvgIpc) is 2.72. The maximum atomic E-state index is 5.77. The van der Waals surface area contributed by atoms with Crippen molar-refractivity contribution in [1.29, 1.82) is 0 Å². The van der Waals surface area contributed by atoms with Crippen LogP contribution in [0.25, 0.3) is 0 Å². The van der Waals surface area contributed by atoms with Crippen LogP contribution in [0.4, 0.5) is 17.1 Å². The van der Waals surface area contributed by atoms with Gasteiger partial charge in [-0.05, 0) is 48.6 Å². The molecule has 2 aliphatic heterocycles. The van der Waals surface area contributed by atoms with Gasteiger partial charge >= 0.3 is 0 Å². The van der Waals surface area contributed by atoms with Crippen LogP contribution in [0.3, 0.4) is 0 Å². The van der Waals surface area contributed by atoms with Gasteiger partial charge in [0.1, 0.15) is 5.69 Å². The lowest BCUT2D eigenvalue weighted by atomic mass is 10.1. The number of anilines is 3. The summed E-state index contributed by atoms with van der Waals surface area (Å²) in [5.74, 6) is 0. The van der Waals surface area contributed by atoms with Gasteiger partial charge in [-0.25, -0.2) is 0 Å². The number of fused-ring (bicyclic) bond motifs is 1. The van der Waals surface area contributed by atoms with Gasteiger partial charge in [-0.1, -0.05) is 0 Å². The number of hydrogen-bond acceptors (Lipinski definition) is 6. The van der Waals surface area contributed by atoms with Crippen LogP contribution in [0, 0.1) is 0 Å². The molecule has 7 nitrogen and oxygen atoms in total. The first kappa shape index (κ1) is 17.5. The van der Waals surface area contributed by atoms with E-state index in [1.165, 1.54) is 5.69 Å². The largest absolute Gasteiger partial charge is 0.399 e. The molecule has 1 fully saturated rings. The predicted molar refractivity (Wildman–Crippen MR) is 114 cm³/mol.